The Morgan fingerprint density at radius 3 is 2.75 bits per heavy atom. The van der Waals surface area contributed by atoms with Gasteiger partial charge in [0, 0.05) is 49.7 Å². The van der Waals surface area contributed by atoms with Gasteiger partial charge in [0.2, 0.25) is 5.91 Å². The van der Waals surface area contributed by atoms with Gasteiger partial charge in [0.25, 0.3) is 0 Å². The van der Waals surface area contributed by atoms with E-state index in [2.05, 4.69) is 16.9 Å². The van der Waals surface area contributed by atoms with Crippen LogP contribution >= 0.6 is 0 Å². The van der Waals surface area contributed by atoms with E-state index in [-0.39, 0.29) is 5.92 Å². The predicted octanol–water partition coefficient (Wildman–Crippen LogP) is 2.36. The molecule has 0 bridgehead atoms. The molecule has 130 valence electrons. The summed E-state index contributed by atoms with van der Waals surface area (Å²) in [7, 11) is 2.16. The summed E-state index contributed by atoms with van der Waals surface area (Å²) in [5, 5.41) is 0. The molecule has 0 spiro atoms. The maximum absolute atomic E-state index is 12.8. The number of carbonyl (C=O) groups is 1. The van der Waals surface area contributed by atoms with Gasteiger partial charge in [-0.2, -0.15) is 0 Å². The minimum Gasteiger partial charge on any atom is -0.338 e. The lowest BCUT2D eigenvalue weighted by molar-refractivity contribution is -0.137. The second-order valence-electron chi connectivity index (χ2n) is 7.79. The first-order valence-corrected chi connectivity index (χ1v) is 9.53. The quantitative estimate of drug-likeness (QED) is 0.836. The van der Waals surface area contributed by atoms with E-state index in [0.29, 0.717) is 18.4 Å². The Balaban J connectivity index is 1.44. The molecule has 1 saturated carbocycles. The molecule has 4 rings (SSSR count). The fraction of sp³-hybridized carbons (Fsp3) is 0.737. The molecule has 1 aromatic rings. The molecule has 1 aromatic heterocycles. The van der Waals surface area contributed by atoms with E-state index in [1.165, 1.54) is 25.0 Å². The average Bonchev–Trinajstić information content (AvgIpc) is 3.07. The number of likely N-dealkylation sites (tertiary alicyclic amines) is 1. The van der Waals surface area contributed by atoms with Crippen molar-refractivity contribution in [3.8, 4) is 0 Å². The Kier molecular flexibility index (Phi) is 4.53. The van der Waals surface area contributed by atoms with Gasteiger partial charge in [-0.25, -0.2) is 9.97 Å². The predicted molar refractivity (Wildman–Crippen MR) is 92.6 cm³/mol. The Morgan fingerprint density at radius 1 is 1.17 bits per heavy atom. The second kappa shape index (κ2) is 6.79. The third kappa shape index (κ3) is 3.18. The SMILES string of the molecule is CN1CC[C@@H](c2ncc3c(n2)CCN(C(=O)C2CCCCC2)C3)C1. The molecular formula is C19H28N4O. The number of likely N-dealkylation sites (N-methyl/N-ethyl adjacent to an activating group) is 1. The molecule has 5 nitrogen and oxygen atoms in total. The van der Waals surface area contributed by atoms with Gasteiger partial charge < -0.3 is 9.80 Å². The summed E-state index contributed by atoms with van der Waals surface area (Å²) in [4.78, 5) is 26.6. The molecule has 3 aliphatic rings. The highest BCUT2D eigenvalue weighted by Gasteiger charge is 2.30. The van der Waals surface area contributed by atoms with Gasteiger partial charge in [0.05, 0.1) is 5.69 Å². The summed E-state index contributed by atoms with van der Waals surface area (Å²) in [5.41, 5.74) is 2.32. The molecule has 5 heteroatoms. The van der Waals surface area contributed by atoms with Crippen molar-refractivity contribution < 1.29 is 4.79 Å². The number of carbonyl (C=O) groups excluding carboxylic acids is 1. The normalized spacial score (nSPS) is 25.7. The number of hydrogen-bond acceptors (Lipinski definition) is 4. The molecule has 1 aliphatic carbocycles. The largest absolute Gasteiger partial charge is 0.338 e. The molecule has 24 heavy (non-hydrogen) atoms. The summed E-state index contributed by atoms with van der Waals surface area (Å²) in [5.74, 6) is 2.10. The van der Waals surface area contributed by atoms with Crippen LogP contribution in [0.1, 0.15) is 61.5 Å². The standard InChI is InChI=1S/C19H28N4O/c1-22-9-7-15(12-22)18-20-11-16-13-23(10-8-17(16)21-18)19(24)14-5-3-2-4-6-14/h11,14-15H,2-10,12-13H2,1H3/t15-/m1/s1. The highest BCUT2D eigenvalue weighted by Crippen LogP contribution is 2.29. The van der Waals surface area contributed by atoms with Crippen molar-refractivity contribution in [3.05, 3.63) is 23.3 Å². The van der Waals surface area contributed by atoms with E-state index in [4.69, 9.17) is 4.98 Å². The Bertz CT molecular complexity index is 611. The van der Waals surface area contributed by atoms with Gasteiger partial charge in [-0.3, -0.25) is 4.79 Å². The van der Waals surface area contributed by atoms with Crippen LogP contribution in [0.2, 0.25) is 0 Å². The maximum Gasteiger partial charge on any atom is 0.225 e. The van der Waals surface area contributed by atoms with Crippen LogP contribution in [0.5, 0.6) is 0 Å². The highest BCUT2D eigenvalue weighted by atomic mass is 16.2. The fourth-order valence-electron chi connectivity index (χ4n) is 4.47. The fourth-order valence-corrected chi connectivity index (χ4v) is 4.47. The second-order valence-corrected chi connectivity index (χ2v) is 7.79. The zero-order chi connectivity index (χ0) is 16.5. The first kappa shape index (κ1) is 16.0. The highest BCUT2D eigenvalue weighted by molar-refractivity contribution is 5.79. The van der Waals surface area contributed by atoms with Gasteiger partial charge in [-0.1, -0.05) is 19.3 Å². The summed E-state index contributed by atoms with van der Waals surface area (Å²) in [6.45, 7) is 3.72. The number of fused-ring (bicyclic) bond motifs is 1. The number of nitrogens with zero attached hydrogens (tertiary/aromatic N) is 4. The number of aromatic nitrogens is 2. The molecule has 3 heterocycles. The van der Waals surface area contributed by atoms with E-state index >= 15 is 0 Å². The molecule has 0 radical (unpaired) electrons. The van der Waals surface area contributed by atoms with Crippen molar-refractivity contribution in [1.29, 1.82) is 0 Å². The number of hydrogen-bond donors (Lipinski definition) is 0. The van der Waals surface area contributed by atoms with Crippen LogP contribution in [0.4, 0.5) is 0 Å². The van der Waals surface area contributed by atoms with Crippen LogP contribution < -0.4 is 0 Å². The topological polar surface area (TPSA) is 49.3 Å². The van der Waals surface area contributed by atoms with Crippen LogP contribution in [0.25, 0.3) is 0 Å². The smallest absolute Gasteiger partial charge is 0.225 e. The van der Waals surface area contributed by atoms with E-state index in [0.717, 1.165) is 56.7 Å². The van der Waals surface area contributed by atoms with Crippen molar-refractivity contribution in [1.82, 2.24) is 19.8 Å². The lowest BCUT2D eigenvalue weighted by atomic mass is 9.88. The van der Waals surface area contributed by atoms with Crippen LogP contribution in [0, 0.1) is 5.92 Å². The van der Waals surface area contributed by atoms with Gasteiger partial charge in [-0.05, 0) is 32.9 Å². The molecule has 1 saturated heterocycles. The van der Waals surface area contributed by atoms with E-state index in [9.17, 15) is 4.79 Å². The molecule has 0 N–H and O–H groups in total. The van der Waals surface area contributed by atoms with Crippen LogP contribution in [-0.2, 0) is 17.8 Å². The van der Waals surface area contributed by atoms with Gasteiger partial charge >= 0.3 is 0 Å². The van der Waals surface area contributed by atoms with E-state index < -0.39 is 0 Å². The van der Waals surface area contributed by atoms with E-state index in [1.54, 1.807) is 0 Å². The van der Waals surface area contributed by atoms with Crippen molar-refractivity contribution in [2.75, 3.05) is 26.7 Å². The zero-order valence-corrected chi connectivity index (χ0v) is 14.7. The molecule has 0 unspecified atom stereocenters. The molecule has 1 atom stereocenters. The van der Waals surface area contributed by atoms with Crippen molar-refractivity contribution >= 4 is 5.91 Å². The monoisotopic (exact) mass is 328 g/mol. The minimum absolute atomic E-state index is 0.259. The van der Waals surface area contributed by atoms with Crippen LogP contribution in [-0.4, -0.2) is 52.4 Å². The van der Waals surface area contributed by atoms with Gasteiger partial charge in [0.15, 0.2) is 0 Å². The van der Waals surface area contributed by atoms with Crippen LogP contribution in [0.3, 0.4) is 0 Å². The third-order valence-corrected chi connectivity index (χ3v) is 5.98. The van der Waals surface area contributed by atoms with Crippen LogP contribution in [0.15, 0.2) is 6.20 Å². The molecule has 1 amide bonds. The summed E-state index contributed by atoms with van der Waals surface area (Å²) in [6.07, 6.45) is 9.88. The number of rotatable bonds is 2. The molecule has 2 aliphatic heterocycles. The van der Waals surface area contributed by atoms with Gasteiger partial charge in [-0.15, -0.1) is 0 Å². The zero-order valence-electron chi connectivity index (χ0n) is 14.7. The molecule has 0 aromatic carbocycles. The van der Waals surface area contributed by atoms with Crippen molar-refractivity contribution in [2.45, 2.75) is 57.4 Å². The minimum atomic E-state index is 0.259. The first-order valence-electron chi connectivity index (χ1n) is 9.53. The average molecular weight is 328 g/mol. The first-order chi connectivity index (χ1) is 11.7. The summed E-state index contributed by atoms with van der Waals surface area (Å²) >= 11 is 0. The lowest BCUT2D eigenvalue weighted by Crippen LogP contribution is -2.40. The lowest BCUT2D eigenvalue weighted by Gasteiger charge is -2.32. The molecule has 2 fully saturated rings. The third-order valence-electron chi connectivity index (χ3n) is 5.98. The van der Waals surface area contributed by atoms with E-state index in [1.807, 2.05) is 11.1 Å². The Hall–Kier alpha value is -1.49. The molecular weight excluding hydrogens is 300 g/mol. The van der Waals surface area contributed by atoms with Crippen molar-refractivity contribution in [3.63, 3.8) is 0 Å². The maximum atomic E-state index is 12.8. The summed E-state index contributed by atoms with van der Waals surface area (Å²) in [6, 6.07) is 0. The number of amides is 1. The Labute approximate surface area is 144 Å². The van der Waals surface area contributed by atoms with Gasteiger partial charge in [0.1, 0.15) is 5.82 Å². The Morgan fingerprint density at radius 2 is 2.00 bits per heavy atom. The van der Waals surface area contributed by atoms with Crippen molar-refractivity contribution in [2.24, 2.45) is 5.92 Å². The summed E-state index contributed by atoms with van der Waals surface area (Å²) < 4.78 is 0.